The van der Waals surface area contributed by atoms with Crippen molar-refractivity contribution in [2.45, 2.75) is 0 Å². The number of nitriles is 1. The van der Waals surface area contributed by atoms with Crippen LogP contribution in [0.5, 0.6) is 5.75 Å². The van der Waals surface area contributed by atoms with Crippen LogP contribution in [-0.4, -0.2) is 56.7 Å². The number of carbonyl (C=O) groups excluding carboxylic acids is 2. The van der Waals surface area contributed by atoms with E-state index in [0.29, 0.717) is 36.2 Å². The van der Waals surface area contributed by atoms with E-state index in [1.807, 2.05) is 36.4 Å². The quantitative estimate of drug-likeness (QED) is 0.328. The topological polar surface area (TPSA) is 82.9 Å². The van der Waals surface area contributed by atoms with E-state index in [9.17, 15) is 14.9 Å². The fraction of sp³-hybridized carbons (Fsp3) is 0.261. The Bertz CT molecular complexity index is 1040. The number of anilines is 1. The zero-order valence-corrected chi connectivity index (χ0v) is 19.7. The summed E-state index contributed by atoms with van der Waals surface area (Å²) < 4.78 is 10.4. The minimum Gasteiger partial charge on any atom is -0.479 e. The van der Waals surface area contributed by atoms with Crippen molar-refractivity contribution in [2.24, 2.45) is 0 Å². The van der Waals surface area contributed by atoms with Crippen LogP contribution in [0.25, 0.3) is 6.08 Å². The van der Waals surface area contributed by atoms with Crippen molar-refractivity contribution in [3.63, 3.8) is 0 Å². The molecule has 9 heteroatoms. The Balaban J connectivity index is 1.70. The number of amides is 1. The van der Waals surface area contributed by atoms with Gasteiger partial charge in [-0.1, -0.05) is 29.8 Å². The predicted molar refractivity (Wildman–Crippen MR) is 125 cm³/mol. The summed E-state index contributed by atoms with van der Waals surface area (Å²) in [6.07, 6.45) is 1.49. The van der Waals surface area contributed by atoms with Gasteiger partial charge < -0.3 is 19.3 Å². The summed E-state index contributed by atoms with van der Waals surface area (Å²) in [4.78, 5) is 28.1. The number of ether oxygens (including phenoxy) is 2. The van der Waals surface area contributed by atoms with Gasteiger partial charge in [0, 0.05) is 31.9 Å². The minimum atomic E-state index is -0.540. The molecule has 2 aromatic carbocycles. The molecule has 0 unspecified atom stereocenters. The number of methoxy groups -OCH3 is 1. The van der Waals surface area contributed by atoms with Crippen LogP contribution in [0.4, 0.5) is 5.69 Å². The lowest BCUT2D eigenvalue weighted by atomic mass is 10.1. The van der Waals surface area contributed by atoms with Crippen molar-refractivity contribution >= 4 is 51.2 Å². The molecule has 0 atom stereocenters. The molecule has 2 aromatic rings. The summed E-state index contributed by atoms with van der Waals surface area (Å²) in [5, 5.41) is 9.82. The number of piperazine rings is 1. The molecule has 0 bridgehead atoms. The van der Waals surface area contributed by atoms with Crippen LogP contribution in [0.15, 0.2) is 52.5 Å². The first-order valence-corrected chi connectivity index (χ1v) is 11.0. The number of hydrogen-bond acceptors (Lipinski definition) is 6. The molecule has 1 saturated heterocycles. The van der Waals surface area contributed by atoms with Crippen molar-refractivity contribution < 1.29 is 19.1 Å². The van der Waals surface area contributed by atoms with Crippen LogP contribution in [0.2, 0.25) is 5.02 Å². The zero-order chi connectivity index (χ0) is 23.1. The van der Waals surface area contributed by atoms with Gasteiger partial charge in [-0.3, -0.25) is 4.79 Å². The molecule has 32 heavy (non-hydrogen) atoms. The molecule has 0 aliphatic carbocycles. The Morgan fingerprint density at radius 3 is 2.47 bits per heavy atom. The number of nitrogens with zero attached hydrogens (tertiary/aromatic N) is 3. The van der Waals surface area contributed by atoms with E-state index in [4.69, 9.17) is 16.3 Å². The van der Waals surface area contributed by atoms with Crippen molar-refractivity contribution in [2.75, 3.05) is 44.8 Å². The number of rotatable bonds is 6. The summed E-state index contributed by atoms with van der Waals surface area (Å²) >= 11 is 9.62. The maximum absolute atomic E-state index is 12.9. The summed E-state index contributed by atoms with van der Waals surface area (Å²) in [6, 6.07) is 15.2. The van der Waals surface area contributed by atoms with E-state index < -0.39 is 5.97 Å². The Morgan fingerprint density at radius 1 is 1.19 bits per heavy atom. The van der Waals surface area contributed by atoms with Gasteiger partial charge in [0.05, 0.1) is 16.6 Å². The fourth-order valence-corrected chi connectivity index (χ4v) is 4.26. The molecule has 1 fully saturated rings. The molecule has 166 valence electrons. The minimum absolute atomic E-state index is 0.0179. The van der Waals surface area contributed by atoms with E-state index in [-0.39, 0.29) is 28.9 Å². The highest BCUT2D eigenvalue weighted by Gasteiger charge is 2.24. The highest BCUT2D eigenvalue weighted by molar-refractivity contribution is 9.10. The SMILES string of the molecule is COC(=O)COc1c(Cl)cc(/C=C(/C#N)C(=O)N2CCN(c3ccccc3)CC2)cc1Br. The zero-order valence-electron chi connectivity index (χ0n) is 17.4. The largest absolute Gasteiger partial charge is 0.479 e. The number of hydrogen-bond donors (Lipinski definition) is 0. The Hall–Kier alpha value is -3.02. The smallest absolute Gasteiger partial charge is 0.343 e. The second-order valence-electron chi connectivity index (χ2n) is 6.96. The van der Waals surface area contributed by atoms with Gasteiger partial charge in [0.25, 0.3) is 5.91 Å². The lowest BCUT2D eigenvalue weighted by molar-refractivity contribution is -0.142. The van der Waals surface area contributed by atoms with Gasteiger partial charge in [0.1, 0.15) is 11.6 Å². The Morgan fingerprint density at radius 2 is 1.88 bits per heavy atom. The van der Waals surface area contributed by atoms with E-state index in [2.05, 4.69) is 25.6 Å². The van der Waals surface area contributed by atoms with E-state index >= 15 is 0 Å². The molecule has 3 rings (SSSR count). The van der Waals surface area contributed by atoms with Crippen molar-refractivity contribution in [3.05, 3.63) is 63.1 Å². The van der Waals surface area contributed by atoms with E-state index in [1.54, 1.807) is 17.0 Å². The number of halogens is 2. The predicted octanol–water partition coefficient (Wildman–Crippen LogP) is 3.91. The van der Waals surface area contributed by atoms with Crippen LogP contribution in [-0.2, 0) is 14.3 Å². The highest BCUT2D eigenvalue weighted by Crippen LogP contribution is 2.35. The van der Waals surface area contributed by atoms with Gasteiger partial charge in [-0.05, 0) is 51.8 Å². The number of para-hydroxylation sites is 1. The average molecular weight is 519 g/mol. The standard InChI is InChI=1S/C23H21BrClN3O4/c1-31-21(29)15-32-22-19(24)12-16(13-20(22)25)11-17(14-26)23(30)28-9-7-27(8-10-28)18-5-3-2-4-6-18/h2-6,11-13H,7-10,15H2,1H3/b17-11-. The molecule has 0 aromatic heterocycles. The van der Waals surface area contributed by atoms with Crippen molar-refractivity contribution in [1.82, 2.24) is 4.90 Å². The summed E-state index contributed by atoms with van der Waals surface area (Å²) in [5.41, 5.74) is 1.69. The molecular weight excluding hydrogens is 498 g/mol. The van der Waals surface area contributed by atoms with E-state index in [0.717, 1.165) is 5.69 Å². The molecular formula is C23H21BrClN3O4. The lowest BCUT2D eigenvalue weighted by Crippen LogP contribution is -2.49. The molecule has 1 heterocycles. The maximum atomic E-state index is 12.9. The monoisotopic (exact) mass is 517 g/mol. The van der Waals surface area contributed by atoms with Gasteiger partial charge >= 0.3 is 5.97 Å². The molecule has 0 N–H and O–H groups in total. The van der Waals surface area contributed by atoms with E-state index in [1.165, 1.54) is 13.2 Å². The summed E-state index contributed by atoms with van der Waals surface area (Å²) in [5.74, 6) is -0.587. The summed E-state index contributed by atoms with van der Waals surface area (Å²) in [7, 11) is 1.26. The second-order valence-corrected chi connectivity index (χ2v) is 8.22. The van der Waals surface area contributed by atoms with Gasteiger partial charge in [-0.15, -0.1) is 0 Å². The second kappa shape index (κ2) is 11.0. The van der Waals surface area contributed by atoms with Gasteiger partial charge in [0.15, 0.2) is 12.4 Å². The molecule has 1 aliphatic rings. The Kier molecular flexibility index (Phi) is 8.14. The van der Waals surface area contributed by atoms with Crippen LogP contribution in [0.1, 0.15) is 5.56 Å². The summed E-state index contributed by atoms with van der Waals surface area (Å²) in [6.45, 7) is 2.14. The third kappa shape index (κ3) is 5.81. The number of benzene rings is 2. The van der Waals surface area contributed by atoms with Crippen LogP contribution >= 0.6 is 27.5 Å². The molecule has 7 nitrogen and oxygen atoms in total. The Labute approximate surface area is 199 Å². The van der Waals surface area contributed by atoms with Gasteiger partial charge in [-0.25, -0.2) is 4.79 Å². The van der Waals surface area contributed by atoms with Gasteiger partial charge in [0.2, 0.25) is 0 Å². The lowest BCUT2D eigenvalue weighted by Gasteiger charge is -2.36. The van der Waals surface area contributed by atoms with Crippen LogP contribution < -0.4 is 9.64 Å². The molecule has 0 spiro atoms. The molecule has 0 saturated carbocycles. The normalized spacial score (nSPS) is 14.0. The molecule has 1 amide bonds. The van der Waals surface area contributed by atoms with Crippen molar-refractivity contribution in [3.8, 4) is 11.8 Å². The average Bonchev–Trinajstić information content (AvgIpc) is 2.82. The maximum Gasteiger partial charge on any atom is 0.343 e. The molecule has 0 radical (unpaired) electrons. The highest BCUT2D eigenvalue weighted by atomic mass is 79.9. The number of esters is 1. The van der Waals surface area contributed by atoms with Crippen LogP contribution in [0, 0.1) is 11.3 Å². The third-order valence-corrected chi connectivity index (χ3v) is 5.80. The van der Waals surface area contributed by atoms with Crippen LogP contribution in [0.3, 0.4) is 0 Å². The van der Waals surface area contributed by atoms with Gasteiger partial charge in [-0.2, -0.15) is 5.26 Å². The number of carbonyl (C=O) groups is 2. The first kappa shape index (κ1) is 23.6. The third-order valence-electron chi connectivity index (χ3n) is 4.93. The fourth-order valence-electron chi connectivity index (χ4n) is 3.28. The first-order chi connectivity index (χ1) is 15.4. The first-order valence-electron chi connectivity index (χ1n) is 9.82. The molecule has 1 aliphatic heterocycles. The van der Waals surface area contributed by atoms with Crippen molar-refractivity contribution in [1.29, 1.82) is 5.26 Å².